The van der Waals surface area contributed by atoms with Gasteiger partial charge in [-0.3, -0.25) is 0 Å². The van der Waals surface area contributed by atoms with Crippen molar-refractivity contribution in [2.75, 3.05) is 13.6 Å². The molecule has 0 saturated heterocycles. The van der Waals surface area contributed by atoms with E-state index in [1.165, 1.54) is 89.9 Å². The van der Waals surface area contributed by atoms with Crippen LogP contribution in [0, 0.1) is 0 Å². The Morgan fingerprint density at radius 3 is 1.38 bits per heavy atom. The Kier molecular flexibility index (Phi) is 15.9. The van der Waals surface area contributed by atoms with Crippen molar-refractivity contribution < 1.29 is 7.00 Å². The summed E-state index contributed by atoms with van der Waals surface area (Å²) in [5, 5.41) is 0. The molecular formula is C25H46F2GeN+. The van der Waals surface area contributed by atoms with E-state index in [4.69, 9.17) is 0 Å². The molecular weight excluding hydrogens is 425 g/mol. The predicted molar refractivity (Wildman–Crippen MR) is 128 cm³/mol. The Bertz CT molecular complexity index is 483. The van der Waals surface area contributed by atoms with Crippen molar-refractivity contribution in [3.8, 4) is 0 Å². The number of halogens is 2. The molecule has 0 aromatic heterocycles. The fourth-order valence-electron chi connectivity index (χ4n) is 4.10. The van der Waals surface area contributed by atoms with E-state index in [1.807, 2.05) is 30.3 Å². The van der Waals surface area contributed by atoms with Crippen LogP contribution in [0.2, 0.25) is 0 Å². The fraction of sp³-hybridized carbons (Fsp3) is 0.760. The molecule has 1 unspecified atom stereocenters. The van der Waals surface area contributed by atoms with Crippen molar-refractivity contribution in [1.82, 2.24) is 3.44 Å². The summed E-state index contributed by atoms with van der Waals surface area (Å²) in [7, 11) is 1.74. The van der Waals surface area contributed by atoms with Gasteiger partial charge in [0.25, 0.3) is 0 Å². The van der Waals surface area contributed by atoms with Crippen molar-refractivity contribution >= 4 is 21.2 Å². The summed E-state index contributed by atoms with van der Waals surface area (Å²) in [6.45, 7) is 2.87. The molecule has 0 amide bonds. The molecule has 1 atom stereocenters. The molecule has 0 radical (unpaired) electrons. The van der Waals surface area contributed by atoms with E-state index in [9.17, 15) is 7.00 Å². The van der Waals surface area contributed by atoms with Gasteiger partial charge in [-0.05, 0) is 0 Å². The van der Waals surface area contributed by atoms with Crippen LogP contribution in [0.25, 0.3) is 0 Å². The van der Waals surface area contributed by atoms with Crippen LogP contribution < -0.4 is 3.44 Å². The topological polar surface area (TPSA) is 0 Å². The molecule has 0 bridgehead atoms. The Morgan fingerprint density at radius 2 is 1.00 bits per heavy atom. The van der Waals surface area contributed by atoms with E-state index in [0.29, 0.717) is 6.54 Å². The summed E-state index contributed by atoms with van der Waals surface area (Å²) < 4.78 is 27.6. The van der Waals surface area contributed by atoms with E-state index >= 15 is 0 Å². The number of quaternary nitrogens is 1. The van der Waals surface area contributed by atoms with E-state index in [-0.39, 0.29) is 3.44 Å². The third-order valence-electron chi connectivity index (χ3n) is 6.25. The average Bonchev–Trinajstić information content (AvgIpc) is 2.73. The predicted octanol–water partition coefficient (Wildman–Crippen LogP) is 8.54. The molecule has 0 N–H and O–H groups in total. The second-order valence-electron chi connectivity index (χ2n) is 8.91. The van der Waals surface area contributed by atoms with E-state index in [0.717, 1.165) is 18.5 Å². The van der Waals surface area contributed by atoms with Crippen LogP contribution in [0.4, 0.5) is 12.7 Å². The summed E-state index contributed by atoms with van der Waals surface area (Å²) in [5.74, 6) is 0. The second-order valence-corrected chi connectivity index (χ2v) is 12.5. The second kappa shape index (κ2) is 17.3. The van der Waals surface area contributed by atoms with Crippen molar-refractivity contribution in [2.45, 2.75) is 110 Å². The van der Waals surface area contributed by atoms with Gasteiger partial charge in [0.15, 0.2) is 0 Å². The molecule has 29 heavy (non-hydrogen) atoms. The van der Waals surface area contributed by atoms with Crippen molar-refractivity contribution in [2.24, 2.45) is 0 Å². The van der Waals surface area contributed by atoms with Gasteiger partial charge < -0.3 is 0 Å². The third-order valence-corrected chi connectivity index (χ3v) is 9.23. The molecule has 0 aliphatic heterocycles. The van der Waals surface area contributed by atoms with Gasteiger partial charge >= 0.3 is 140 Å². The Balaban J connectivity index is 1.95. The molecule has 0 saturated carbocycles. The quantitative estimate of drug-likeness (QED) is 0.140. The van der Waals surface area contributed by atoms with Crippen LogP contribution in [0.3, 0.4) is 0 Å². The van der Waals surface area contributed by atoms with Crippen LogP contribution in [0.15, 0.2) is 30.3 Å². The molecule has 1 aromatic rings. The summed E-state index contributed by atoms with van der Waals surface area (Å²) in [5.41, 5.74) is 0.795. The van der Waals surface area contributed by atoms with Crippen LogP contribution in [0.5, 0.6) is 0 Å². The zero-order valence-electron chi connectivity index (χ0n) is 19.2. The Morgan fingerprint density at radius 1 is 0.621 bits per heavy atom. The zero-order valence-corrected chi connectivity index (χ0v) is 21.6. The summed E-state index contributed by atoms with van der Waals surface area (Å²) >= 11 is -4.28. The van der Waals surface area contributed by atoms with Crippen LogP contribution >= 0.6 is 0 Å². The maximum atomic E-state index is 13.8. The molecule has 0 spiro atoms. The monoisotopic (exact) mass is 472 g/mol. The summed E-state index contributed by atoms with van der Waals surface area (Å²) in [4.78, 5) is 0. The molecule has 0 aliphatic rings. The molecule has 1 rings (SSSR count). The molecule has 168 valence electrons. The van der Waals surface area contributed by atoms with E-state index in [1.54, 1.807) is 7.05 Å². The van der Waals surface area contributed by atoms with Crippen LogP contribution in [-0.4, -0.2) is 29.1 Å². The van der Waals surface area contributed by atoms with E-state index < -0.39 is 15.5 Å². The number of unbranched alkanes of at least 4 members (excludes halogenated alkanes) is 15. The standard InChI is InChI=1S/C25H46F2GeN/c1-3-4-5-6-7-8-9-10-11-12-13-14-15-16-17-21-24-29(2,28(26)27)25-22-19-18-20-23-25/h18-20,22-23,28H,3-17,21,24H2,1-2H3/q+1. The molecule has 0 aliphatic carbocycles. The minimum atomic E-state index is -4.28. The number of hydrogen-bond acceptors (Lipinski definition) is 0. The van der Waals surface area contributed by atoms with Gasteiger partial charge in [-0.25, -0.2) is 0 Å². The molecule has 4 heteroatoms. The number of benzene rings is 1. The number of para-hydroxylation sites is 1. The van der Waals surface area contributed by atoms with Gasteiger partial charge in [-0.1, -0.05) is 45.4 Å². The maximum absolute atomic E-state index is 13.8. The molecule has 1 nitrogen and oxygen atoms in total. The number of nitrogens with zero attached hydrogens (tertiary/aromatic N) is 1. The minimum absolute atomic E-state index is 0.0769. The number of rotatable bonds is 19. The molecule has 1 aromatic carbocycles. The normalized spacial score (nSPS) is 13.7. The SMILES string of the molecule is CCCCCCCCCCCCCCCCCC[N+](C)(c1ccccc1)[GeH]([F])[F]. The van der Waals surface area contributed by atoms with Crippen molar-refractivity contribution in [3.05, 3.63) is 30.3 Å². The molecule has 0 heterocycles. The first-order chi connectivity index (χ1) is 14.1. The first-order valence-electron chi connectivity index (χ1n) is 12.3. The Hall–Kier alpha value is -0.417. The third kappa shape index (κ3) is 12.1. The van der Waals surface area contributed by atoms with Gasteiger partial charge in [0.1, 0.15) is 0 Å². The first-order valence-corrected chi connectivity index (χ1v) is 15.2. The van der Waals surface area contributed by atoms with Crippen LogP contribution in [-0.2, 0) is 0 Å². The zero-order chi connectivity index (χ0) is 21.2. The number of hydrogen-bond donors (Lipinski definition) is 0. The van der Waals surface area contributed by atoms with Crippen molar-refractivity contribution in [3.63, 3.8) is 0 Å². The average molecular weight is 471 g/mol. The van der Waals surface area contributed by atoms with Gasteiger partial charge in [0.05, 0.1) is 0 Å². The van der Waals surface area contributed by atoms with Crippen LogP contribution in [0.1, 0.15) is 110 Å². The molecule has 0 fully saturated rings. The van der Waals surface area contributed by atoms with E-state index in [2.05, 4.69) is 6.92 Å². The summed E-state index contributed by atoms with van der Waals surface area (Å²) in [6, 6.07) is 9.39. The van der Waals surface area contributed by atoms with Gasteiger partial charge in [0, 0.05) is 0 Å². The first kappa shape index (κ1) is 26.6. The van der Waals surface area contributed by atoms with Crippen molar-refractivity contribution in [1.29, 1.82) is 0 Å². The van der Waals surface area contributed by atoms with Gasteiger partial charge in [0.2, 0.25) is 0 Å². The Labute approximate surface area is 185 Å². The summed E-state index contributed by atoms with van der Waals surface area (Å²) in [6.07, 6.45) is 21.2. The fourth-order valence-corrected chi connectivity index (χ4v) is 5.72. The van der Waals surface area contributed by atoms with Gasteiger partial charge in [-0.15, -0.1) is 0 Å². The van der Waals surface area contributed by atoms with Gasteiger partial charge in [-0.2, -0.15) is 0 Å².